The van der Waals surface area contributed by atoms with Gasteiger partial charge >= 0.3 is 0 Å². The summed E-state index contributed by atoms with van der Waals surface area (Å²) in [6.07, 6.45) is 1.15. The number of carbonyl (C=O) groups is 2. The van der Waals surface area contributed by atoms with Crippen LogP contribution in [0.2, 0.25) is 10.0 Å². The fraction of sp³-hybridized carbons (Fsp3) is 0.250. The Morgan fingerprint density at radius 1 is 1.11 bits per heavy atom. The number of aromatic nitrogens is 1. The number of pyridine rings is 1. The van der Waals surface area contributed by atoms with Gasteiger partial charge in [-0.2, -0.15) is 10.3 Å². The summed E-state index contributed by atoms with van der Waals surface area (Å²) in [5, 5.41) is 9.92. The maximum Gasteiger partial charge on any atom is 0.253 e. The molecule has 0 bridgehead atoms. The van der Waals surface area contributed by atoms with Gasteiger partial charge in [-0.05, 0) is 42.8 Å². The van der Waals surface area contributed by atoms with E-state index >= 15 is 0 Å². The van der Waals surface area contributed by atoms with Crippen molar-refractivity contribution in [2.24, 2.45) is 16.6 Å². The smallest absolute Gasteiger partial charge is 0.253 e. The van der Waals surface area contributed by atoms with Crippen LogP contribution in [0, 0.1) is 17.2 Å². The number of nitrogens with two attached hydrogens (primary N) is 1. The molecule has 1 aliphatic heterocycles. The highest BCUT2D eigenvalue weighted by molar-refractivity contribution is 6.42. The van der Waals surface area contributed by atoms with E-state index in [1.807, 2.05) is 25.1 Å². The minimum Gasteiger partial charge on any atom is -0.474 e. The van der Waals surface area contributed by atoms with Crippen LogP contribution in [0.15, 0.2) is 65.8 Å². The average molecular weight is 550 g/mol. The molecule has 0 spiro atoms. The number of halogens is 2. The molecule has 1 saturated heterocycles. The molecule has 2 N–H and O–H groups in total. The van der Waals surface area contributed by atoms with Gasteiger partial charge in [-0.1, -0.05) is 41.4 Å². The molecule has 10 heteroatoms. The minimum absolute atomic E-state index is 0.0697. The number of nitrogens with zero attached hydrogens (tertiary/aromatic N) is 4. The van der Waals surface area contributed by atoms with E-state index in [0.717, 1.165) is 5.56 Å². The summed E-state index contributed by atoms with van der Waals surface area (Å²) in [5.74, 6) is -0.193. The van der Waals surface area contributed by atoms with Gasteiger partial charge in [-0.15, -0.1) is 0 Å². The van der Waals surface area contributed by atoms with Crippen molar-refractivity contribution in [3.05, 3.63) is 93.1 Å². The van der Waals surface area contributed by atoms with Gasteiger partial charge in [0.1, 0.15) is 18.0 Å². The summed E-state index contributed by atoms with van der Waals surface area (Å²) >= 11 is 12.5. The van der Waals surface area contributed by atoms with Gasteiger partial charge in [0, 0.05) is 55.2 Å². The molecule has 0 radical (unpaired) electrons. The van der Waals surface area contributed by atoms with Crippen molar-refractivity contribution in [3.63, 3.8) is 0 Å². The predicted octanol–water partition coefficient (Wildman–Crippen LogP) is 4.84. The Balaban J connectivity index is 1.58. The molecule has 4 rings (SSSR count). The van der Waals surface area contributed by atoms with E-state index in [-0.39, 0.29) is 29.7 Å². The Bertz CT molecular complexity index is 1420. The molecule has 0 saturated carbocycles. The molecule has 2 amide bonds. The summed E-state index contributed by atoms with van der Waals surface area (Å²) in [6.45, 7) is 4.15. The second-order valence-electron chi connectivity index (χ2n) is 9.07. The molecule has 1 unspecified atom stereocenters. The van der Waals surface area contributed by atoms with Crippen LogP contribution in [-0.4, -0.2) is 46.7 Å². The Hall–Kier alpha value is -3.93. The Kier molecular flexibility index (Phi) is 8.30. The summed E-state index contributed by atoms with van der Waals surface area (Å²) in [5.41, 5.74) is 8.29. The van der Waals surface area contributed by atoms with E-state index in [4.69, 9.17) is 38.9 Å². The van der Waals surface area contributed by atoms with Crippen LogP contribution in [0.1, 0.15) is 46.8 Å². The molecule has 194 valence electrons. The van der Waals surface area contributed by atoms with Gasteiger partial charge < -0.3 is 15.4 Å². The predicted molar refractivity (Wildman–Crippen MR) is 145 cm³/mol. The number of nitriles is 1. The molecule has 3 atom stereocenters. The number of hydrogen-bond acceptors (Lipinski definition) is 5. The summed E-state index contributed by atoms with van der Waals surface area (Å²) in [4.78, 5) is 34.4. The van der Waals surface area contributed by atoms with E-state index in [1.54, 1.807) is 47.4 Å². The van der Waals surface area contributed by atoms with E-state index in [0.29, 0.717) is 45.7 Å². The van der Waals surface area contributed by atoms with Crippen LogP contribution >= 0.6 is 23.2 Å². The topological polar surface area (TPSA) is 122 Å². The van der Waals surface area contributed by atoms with Gasteiger partial charge in [0.05, 0.1) is 15.6 Å². The van der Waals surface area contributed by atoms with Gasteiger partial charge in [0.25, 0.3) is 5.91 Å². The lowest BCUT2D eigenvalue weighted by molar-refractivity contribution is -0.115. The Morgan fingerprint density at radius 3 is 2.42 bits per heavy atom. The van der Waals surface area contributed by atoms with Gasteiger partial charge in [-0.25, -0.2) is 4.98 Å². The monoisotopic (exact) mass is 549 g/mol. The largest absolute Gasteiger partial charge is 0.474 e. The number of ether oxygens (including phenoxy) is 1. The zero-order chi connectivity index (χ0) is 27.4. The number of rotatable bonds is 6. The number of amidine groups is 1. The molecular weight excluding hydrogens is 525 g/mol. The first-order valence-corrected chi connectivity index (χ1v) is 12.6. The number of amides is 2. The number of likely N-dealkylation sites (tertiary alicyclic amines) is 1. The molecule has 3 aromatic rings. The number of hydrogen-bond donors (Lipinski definition) is 1. The van der Waals surface area contributed by atoms with Gasteiger partial charge in [0.15, 0.2) is 0 Å². The second kappa shape index (κ2) is 11.6. The van der Waals surface area contributed by atoms with E-state index in [2.05, 4.69) is 9.98 Å². The first-order chi connectivity index (χ1) is 18.2. The van der Waals surface area contributed by atoms with Crippen LogP contribution in [0.4, 0.5) is 0 Å². The lowest BCUT2D eigenvalue weighted by atomic mass is 9.86. The normalized spacial score (nSPS) is 18.1. The van der Waals surface area contributed by atoms with Crippen molar-refractivity contribution in [2.75, 3.05) is 13.1 Å². The fourth-order valence-electron chi connectivity index (χ4n) is 4.56. The molecule has 1 aromatic heterocycles. The number of aliphatic imine (C=N–C) groups is 1. The van der Waals surface area contributed by atoms with Crippen molar-refractivity contribution in [1.82, 2.24) is 9.88 Å². The fourth-order valence-corrected chi connectivity index (χ4v) is 4.87. The van der Waals surface area contributed by atoms with E-state index < -0.39 is 5.91 Å². The van der Waals surface area contributed by atoms with Gasteiger partial charge in [0.2, 0.25) is 11.8 Å². The SMILES string of the molecule is CC(=O)N=C(N)c1ccc(C(=O)N2CC([C@H](C)Oc3ccc(C#N)cn3)[C@@H](c3ccc(Cl)c(Cl)c3)C2)cc1. The van der Waals surface area contributed by atoms with Crippen molar-refractivity contribution in [1.29, 1.82) is 5.26 Å². The maximum atomic E-state index is 13.5. The van der Waals surface area contributed by atoms with Crippen LogP contribution in [-0.2, 0) is 4.79 Å². The first-order valence-electron chi connectivity index (χ1n) is 11.9. The zero-order valence-electron chi connectivity index (χ0n) is 20.8. The zero-order valence-corrected chi connectivity index (χ0v) is 22.3. The standard InChI is InChI=1S/C28H25Cl2N5O3/c1-16(38-26-10-3-18(12-31)13-33-26)22-14-35(15-23(22)21-8-9-24(29)25(30)11-21)28(37)20-6-4-19(5-7-20)27(32)34-17(2)36/h3-11,13,16,22-23H,14-15H2,1-2H3,(H2,32,34,36)/t16-,22?,23+/m0/s1. The Morgan fingerprint density at radius 2 is 1.82 bits per heavy atom. The lowest BCUT2D eigenvalue weighted by Gasteiger charge is -2.25. The minimum atomic E-state index is -0.397. The number of carbonyl (C=O) groups excluding carboxylic acids is 2. The molecule has 1 fully saturated rings. The van der Waals surface area contributed by atoms with Crippen molar-refractivity contribution in [2.45, 2.75) is 25.9 Å². The lowest BCUT2D eigenvalue weighted by Crippen LogP contribution is -2.32. The maximum absolute atomic E-state index is 13.5. The molecule has 2 aromatic carbocycles. The second-order valence-corrected chi connectivity index (χ2v) is 9.88. The van der Waals surface area contributed by atoms with Crippen molar-refractivity contribution >= 4 is 40.9 Å². The molecule has 0 aliphatic carbocycles. The average Bonchev–Trinajstić information content (AvgIpc) is 3.36. The molecule has 1 aliphatic rings. The van der Waals surface area contributed by atoms with Crippen molar-refractivity contribution in [3.8, 4) is 11.9 Å². The van der Waals surface area contributed by atoms with Gasteiger partial charge in [-0.3, -0.25) is 9.59 Å². The molecule has 8 nitrogen and oxygen atoms in total. The van der Waals surface area contributed by atoms with Crippen LogP contribution in [0.25, 0.3) is 0 Å². The summed E-state index contributed by atoms with van der Waals surface area (Å²) in [7, 11) is 0. The third-order valence-electron chi connectivity index (χ3n) is 6.50. The highest BCUT2D eigenvalue weighted by Gasteiger charge is 2.40. The molecule has 2 heterocycles. The third-order valence-corrected chi connectivity index (χ3v) is 7.24. The van der Waals surface area contributed by atoms with E-state index in [9.17, 15) is 9.59 Å². The van der Waals surface area contributed by atoms with Crippen LogP contribution in [0.3, 0.4) is 0 Å². The first kappa shape index (κ1) is 27.1. The number of benzene rings is 2. The van der Waals surface area contributed by atoms with Crippen LogP contribution < -0.4 is 10.5 Å². The summed E-state index contributed by atoms with van der Waals surface area (Å²) in [6, 6.07) is 17.5. The Labute approximate surface area is 230 Å². The highest BCUT2D eigenvalue weighted by atomic mass is 35.5. The van der Waals surface area contributed by atoms with Crippen LogP contribution in [0.5, 0.6) is 5.88 Å². The highest BCUT2D eigenvalue weighted by Crippen LogP contribution is 2.38. The quantitative estimate of drug-likeness (QED) is 0.347. The van der Waals surface area contributed by atoms with Crippen molar-refractivity contribution < 1.29 is 14.3 Å². The summed E-state index contributed by atoms with van der Waals surface area (Å²) < 4.78 is 6.14. The van der Waals surface area contributed by atoms with E-state index in [1.165, 1.54) is 13.1 Å². The molecular formula is C28H25Cl2N5O3. The third kappa shape index (κ3) is 6.13. The molecule has 38 heavy (non-hydrogen) atoms.